The fourth-order valence-electron chi connectivity index (χ4n) is 1.36. The molecule has 0 amide bonds. The number of hydrogen-bond donors (Lipinski definition) is 2. The molecular weight excluding hydrogens is 194 g/mol. The number of likely N-dealkylation sites (N-methyl/N-ethyl adjacent to an activating group) is 1. The van der Waals surface area contributed by atoms with Crippen LogP contribution < -0.4 is 10.1 Å². The van der Waals surface area contributed by atoms with Gasteiger partial charge in [0.25, 0.3) is 0 Å². The van der Waals surface area contributed by atoms with E-state index in [-0.39, 0.29) is 0 Å². The quantitative estimate of drug-likeness (QED) is 0.770. The Balaban J connectivity index is 2.82. The van der Waals surface area contributed by atoms with Crippen molar-refractivity contribution in [3.8, 4) is 5.75 Å². The second kappa shape index (κ2) is 5.36. The van der Waals surface area contributed by atoms with Gasteiger partial charge in [0.15, 0.2) is 0 Å². The molecule has 1 unspecified atom stereocenters. The number of benzene rings is 1. The Bertz CT molecular complexity index is 321. The number of carboxylic acids is 1. The predicted molar refractivity (Wildman–Crippen MR) is 57.0 cm³/mol. The monoisotopic (exact) mass is 209 g/mol. The molecule has 1 rings (SSSR count). The summed E-state index contributed by atoms with van der Waals surface area (Å²) in [5.74, 6) is -0.136. The SMILES string of the molecule is CCOc1ccc(C(NC)C(=O)O)cc1. The molecular formula is C11H15NO3. The van der Waals surface area contributed by atoms with Crippen molar-refractivity contribution in [2.24, 2.45) is 0 Å². The van der Waals surface area contributed by atoms with E-state index in [9.17, 15) is 4.79 Å². The first-order valence-corrected chi connectivity index (χ1v) is 4.82. The summed E-state index contributed by atoms with van der Waals surface area (Å²) < 4.78 is 5.27. The van der Waals surface area contributed by atoms with Crippen molar-refractivity contribution in [1.29, 1.82) is 0 Å². The molecule has 1 aromatic carbocycles. The average Bonchev–Trinajstić information content (AvgIpc) is 2.21. The highest BCUT2D eigenvalue weighted by molar-refractivity contribution is 5.75. The molecule has 0 spiro atoms. The summed E-state index contributed by atoms with van der Waals surface area (Å²) in [5.41, 5.74) is 0.716. The van der Waals surface area contributed by atoms with Crippen LogP contribution in [0.3, 0.4) is 0 Å². The minimum Gasteiger partial charge on any atom is -0.494 e. The van der Waals surface area contributed by atoms with Gasteiger partial charge in [0.1, 0.15) is 11.8 Å². The van der Waals surface area contributed by atoms with Crippen LogP contribution in [-0.2, 0) is 4.79 Å². The van der Waals surface area contributed by atoms with Crippen LogP contribution in [0, 0.1) is 0 Å². The molecule has 4 nitrogen and oxygen atoms in total. The first kappa shape index (κ1) is 11.5. The topological polar surface area (TPSA) is 58.6 Å². The highest BCUT2D eigenvalue weighted by Gasteiger charge is 2.16. The van der Waals surface area contributed by atoms with Gasteiger partial charge in [-0.15, -0.1) is 0 Å². The first-order chi connectivity index (χ1) is 7.19. The lowest BCUT2D eigenvalue weighted by Crippen LogP contribution is -2.24. The number of nitrogens with one attached hydrogen (secondary N) is 1. The molecule has 0 aliphatic carbocycles. The first-order valence-electron chi connectivity index (χ1n) is 4.82. The van der Waals surface area contributed by atoms with Gasteiger partial charge in [-0.2, -0.15) is 0 Å². The Hall–Kier alpha value is -1.55. The Labute approximate surface area is 88.9 Å². The van der Waals surface area contributed by atoms with Crippen LogP contribution >= 0.6 is 0 Å². The number of carboxylic acid groups (broad SMARTS) is 1. The van der Waals surface area contributed by atoms with Crippen molar-refractivity contribution >= 4 is 5.97 Å². The van der Waals surface area contributed by atoms with Gasteiger partial charge in [0.2, 0.25) is 0 Å². The molecule has 0 aliphatic rings. The smallest absolute Gasteiger partial charge is 0.325 e. The summed E-state index contributed by atoms with van der Waals surface area (Å²) in [5, 5.41) is 11.6. The lowest BCUT2D eigenvalue weighted by molar-refractivity contribution is -0.139. The fraction of sp³-hybridized carbons (Fsp3) is 0.364. The maximum Gasteiger partial charge on any atom is 0.325 e. The molecule has 1 aromatic rings. The van der Waals surface area contributed by atoms with Gasteiger partial charge < -0.3 is 15.2 Å². The molecule has 0 radical (unpaired) electrons. The van der Waals surface area contributed by atoms with Crippen LogP contribution in [0.25, 0.3) is 0 Å². The van der Waals surface area contributed by atoms with Crippen molar-refractivity contribution in [1.82, 2.24) is 5.32 Å². The highest BCUT2D eigenvalue weighted by Crippen LogP contribution is 2.17. The van der Waals surface area contributed by atoms with E-state index in [4.69, 9.17) is 9.84 Å². The molecule has 0 heterocycles. The van der Waals surface area contributed by atoms with Crippen molar-refractivity contribution in [3.05, 3.63) is 29.8 Å². The lowest BCUT2D eigenvalue weighted by atomic mass is 10.1. The Morgan fingerprint density at radius 2 is 2.07 bits per heavy atom. The molecule has 0 bridgehead atoms. The summed E-state index contributed by atoms with van der Waals surface area (Å²) >= 11 is 0. The van der Waals surface area contributed by atoms with Crippen LogP contribution in [0.5, 0.6) is 5.75 Å². The maximum atomic E-state index is 10.8. The summed E-state index contributed by atoms with van der Waals surface area (Å²) in [6, 6.07) is 6.37. The van der Waals surface area contributed by atoms with Crippen LogP contribution in [0.1, 0.15) is 18.5 Å². The van der Waals surface area contributed by atoms with E-state index in [0.717, 1.165) is 5.75 Å². The minimum absolute atomic E-state index is 0.605. The van der Waals surface area contributed by atoms with Gasteiger partial charge >= 0.3 is 5.97 Å². The third-order valence-electron chi connectivity index (χ3n) is 2.06. The van der Waals surface area contributed by atoms with Gasteiger partial charge in [0, 0.05) is 0 Å². The maximum absolute atomic E-state index is 10.8. The van der Waals surface area contributed by atoms with E-state index in [1.54, 1.807) is 31.3 Å². The number of hydrogen-bond acceptors (Lipinski definition) is 3. The van der Waals surface area contributed by atoms with Crippen molar-refractivity contribution < 1.29 is 14.6 Å². The van der Waals surface area contributed by atoms with Crippen molar-refractivity contribution in [3.63, 3.8) is 0 Å². The average molecular weight is 209 g/mol. The zero-order valence-corrected chi connectivity index (χ0v) is 8.86. The Morgan fingerprint density at radius 1 is 1.47 bits per heavy atom. The second-order valence-corrected chi connectivity index (χ2v) is 3.06. The normalized spacial score (nSPS) is 12.1. The largest absolute Gasteiger partial charge is 0.494 e. The molecule has 82 valence electrons. The highest BCUT2D eigenvalue weighted by atomic mass is 16.5. The predicted octanol–water partition coefficient (Wildman–Crippen LogP) is 1.43. The molecule has 1 atom stereocenters. The zero-order valence-electron chi connectivity index (χ0n) is 8.86. The minimum atomic E-state index is -0.887. The number of ether oxygens (including phenoxy) is 1. The summed E-state index contributed by atoms with van der Waals surface area (Å²) in [6.07, 6.45) is 0. The Kier molecular flexibility index (Phi) is 4.12. The third-order valence-corrected chi connectivity index (χ3v) is 2.06. The molecule has 0 saturated heterocycles. The summed E-state index contributed by atoms with van der Waals surface area (Å²) in [6.45, 7) is 2.51. The van der Waals surface area contributed by atoms with Crippen LogP contribution in [-0.4, -0.2) is 24.7 Å². The van der Waals surface area contributed by atoms with E-state index >= 15 is 0 Å². The van der Waals surface area contributed by atoms with Crippen molar-refractivity contribution in [2.45, 2.75) is 13.0 Å². The number of aliphatic carboxylic acids is 1. The summed E-state index contributed by atoms with van der Waals surface area (Å²) in [4.78, 5) is 10.8. The summed E-state index contributed by atoms with van der Waals surface area (Å²) in [7, 11) is 1.62. The van der Waals surface area contributed by atoms with Gasteiger partial charge in [-0.3, -0.25) is 4.79 Å². The fourth-order valence-corrected chi connectivity index (χ4v) is 1.36. The standard InChI is InChI=1S/C11H15NO3/c1-3-15-9-6-4-8(5-7-9)10(12-2)11(13)14/h4-7,10,12H,3H2,1-2H3,(H,13,14). The van der Waals surface area contributed by atoms with E-state index in [1.165, 1.54) is 0 Å². The molecule has 0 aliphatic heterocycles. The molecule has 15 heavy (non-hydrogen) atoms. The molecule has 0 fully saturated rings. The van der Waals surface area contributed by atoms with Gasteiger partial charge in [-0.25, -0.2) is 0 Å². The zero-order chi connectivity index (χ0) is 11.3. The van der Waals surface area contributed by atoms with Crippen LogP contribution in [0.2, 0.25) is 0 Å². The van der Waals surface area contributed by atoms with Gasteiger partial charge in [-0.1, -0.05) is 12.1 Å². The molecule has 2 N–H and O–H groups in total. The van der Waals surface area contributed by atoms with E-state index in [1.807, 2.05) is 6.92 Å². The lowest BCUT2D eigenvalue weighted by Gasteiger charge is -2.12. The van der Waals surface area contributed by atoms with Crippen LogP contribution in [0.4, 0.5) is 0 Å². The van der Waals surface area contributed by atoms with E-state index in [0.29, 0.717) is 12.2 Å². The van der Waals surface area contributed by atoms with Crippen LogP contribution in [0.15, 0.2) is 24.3 Å². The number of carbonyl (C=O) groups is 1. The van der Waals surface area contributed by atoms with Crippen molar-refractivity contribution in [2.75, 3.05) is 13.7 Å². The Morgan fingerprint density at radius 3 is 2.47 bits per heavy atom. The van der Waals surface area contributed by atoms with Gasteiger partial charge in [-0.05, 0) is 31.7 Å². The second-order valence-electron chi connectivity index (χ2n) is 3.06. The molecule has 4 heteroatoms. The molecule has 0 saturated carbocycles. The third kappa shape index (κ3) is 2.95. The van der Waals surface area contributed by atoms with E-state index in [2.05, 4.69) is 5.32 Å². The van der Waals surface area contributed by atoms with E-state index < -0.39 is 12.0 Å². The molecule has 0 aromatic heterocycles. The number of rotatable bonds is 5. The van der Waals surface area contributed by atoms with Gasteiger partial charge in [0.05, 0.1) is 6.61 Å².